The van der Waals surface area contributed by atoms with Crippen molar-refractivity contribution >= 4 is 23.9 Å². The predicted octanol–water partition coefficient (Wildman–Crippen LogP) is 5.18. The molecule has 0 aromatic rings. The fourth-order valence-electron chi connectivity index (χ4n) is 4.72. The zero-order valence-electron chi connectivity index (χ0n) is 24.7. The van der Waals surface area contributed by atoms with Crippen molar-refractivity contribution in [2.45, 2.75) is 155 Å². The highest BCUT2D eigenvalue weighted by Crippen LogP contribution is 2.32. The minimum absolute atomic E-state index is 0.186. The molecule has 39 heavy (non-hydrogen) atoms. The number of hydrogen-bond donors (Lipinski definition) is 0. The number of rotatable bonds is 19. The third-order valence-electron chi connectivity index (χ3n) is 6.53. The van der Waals surface area contributed by atoms with Gasteiger partial charge in [-0.05, 0) is 12.8 Å². The first-order valence-corrected chi connectivity index (χ1v) is 14.5. The molecule has 10 nitrogen and oxygen atoms in total. The van der Waals surface area contributed by atoms with Crippen LogP contribution in [0.5, 0.6) is 0 Å². The van der Waals surface area contributed by atoms with E-state index in [9.17, 15) is 19.2 Å². The number of carbonyl (C=O) groups excluding carboxylic acids is 4. The van der Waals surface area contributed by atoms with Crippen LogP contribution in [0.4, 0.5) is 0 Å². The molecule has 1 fully saturated rings. The van der Waals surface area contributed by atoms with Gasteiger partial charge in [-0.25, -0.2) is 0 Å². The molecular weight excluding hydrogens is 508 g/mol. The molecule has 0 aliphatic carbocycles. The van der Waals surface area contributed by atoms with Gasteiger partial charge < -0.3 is 28.4 Å². The van der Waals surface area contributed by atoms with Gasteiger partial charge in [-0.2, -0.15) is 0 Å². The Morgan fingerprint density at radius 2 is 1.08 bits per heavy atom. The Balaban J connectivity index is 3.23. The van der Waals surface area contributed by atoms with Crippen LogP contribution in [0.1, 0.15) is 119 Å². The number of hydrogen-bond acceptors (Lipinski definition) is 10. The molecule has 1 rings (SSSR count). The minimum Gasteiger partial charge on any atom is -0.463 e. The van der Waals surface area contributed by atoms with Gasteiger partial charge in [-0.15, -0.1) is 0 Å². The Hall–Kier alpha value is -2.20. The van der Waals surface area contributed by atoms with Crippen molar-refractivity contribution in [3.05, 3.63) is 0 Å². The molecule has 1 aliphatic rings. The lowest BCUT2D eigenvalue weighted by molar-refractivity contribution is -0.317. The molecule has 226 valence electrons. The van der Waals surface area contributed by atoms with E-state index in [0.717, 1.165) is 64.2 Å². The van der Waals surface area contributed by atoms with Crippen molar-refractivity contribution in [2.24, 2.45) is 0 Å². The average molecular weight is 559 g/mol. The lowest BCUT2D eigenvalue weighted by Crippen LogP contribution is -2.63. The van der Waals surface area contributed by atoms with Crippen molar-refractivity contribution in [2.75, 3.05) is 6.61 Å². The summed E-state index contributed by atoms with van der Waals surface area (Å²) in [7, 11) is 0. The lowest BCUT2D eigenvalue weighted by Gasteiger charge is -2.44. The number of unbranched alkanes of at least 4 members (excludes halogenated alkanes) is 8. The van der Waals surface area contributed by atoms with Gasteiger partial charge in [0, 0.05) is 27.7 Å². The minimum atomic E-state index is -1.22. The smallest absolute Gasteiger partial charge is 0.303 e. The summed E-state index contributed by atoms with van der Waals surface area (Å²) >= 11 is 0. The molecule has 0 spiro atoms. The molecule has 0 saturated carbocycles. The first-order valence-electron chi connectivity index (χ1n) is 14.5. The topological polar surface area (TPSA) is 124 Å². The summed E-state index contributed by atoms with van der Waals surface area (Å²) in [6.07, 6.45) is 6.79. The van der Waals surface area contributed by atoms with E-state index in [-0.39, 0.29) is 12.7 Å². The van der Waals surface area contributed by atoms with Crippen LogP contribution in [0.2, 0.25) is 0 Å². The average Bonchev–Trinajstić information content (AvgIpc) is 2.85. The van der Waals surface area contributed by atoms with E-state index in [1.807, 2.05) is 0 Å². The molecule has 0 aromatic heterocycles. The summed E-state index contributed by atoms with van der Waals surface area (Å²) in [5, 5.41) is 0. The predicted molar refractivity (Wildman–Crippen MR) is 144 cm³/mol. The molecule has 5 atom stereocenters. The maximum atomic E-state index is 12.1. The molecule has 0 amide bonds. The van der Waals surface area contributed by atoms with Crippen LogP contribution in [0.15, 0.2) is 0 Å². The van der Waals surface area contributed by atoms with Crippen LogP contribution in [0.3, 0.4) is 0 Å². The van der Waals surface area contributed by atoms with E-state index in [1.165, 1.54) is 40.5 Å². The molecule has 0 radical (unpaired) electrons. The van der Waals surface area contributed by atoms with Crippen LogP contribution in [0, 0.1) is 0 Å². The fraction of sp³-hybridized carbons (Fsp3) is 0.862. The Bertz CT molecular complexity index is 726. The monoisotopic (exact) mass is 558 g/mol. The van der Waals surface area contributed by atoms with Crippen LogP contribution in [-0.4, -0.2) is 67.3 Å². The van der Waals surface area contributed by atoms with Crippen molar-refractivity contribution in [1.29, 1.82) is 0 Å². The summed E-state index contributed by atoms with van der Waals surface area (Å²) in [6, 6.07) is 0. The van der Waals surface area contributed by atoms with Crippen LogP contribution in [-0.2, 0) is 47.6 Å². The van der Waals surface area contributed by atoms with E-state index in [2.05, 4.69) is 13.8 Å². The van der Waals surface area contributed by atoms with E-state index < -0.39 is 54.6 Å². The van der Waals surface area contributed by atoms with Crippen molar-refractivity contribution in [3.63, 3.8) is 0 Å². The van der Waals surface area contributed by atoms with Crippen molar-refractivity contribution in [3.8, 4) is 0 Å². The Morgan fingerprint density at radius 3 is 1.54 bits per heavy atom. The molecule has 1 heterocycles. The molecule has 10 heteroatoms. The second-order valence-corrected chi connectivity index (χ2v) is 10.2. The second kappa shape index (κ2) is 19.8. The third kappa shape index (κ3) is 14.7. The summed E-state index contributed by atoms with van der Waals surface area (Å²) in [6.45, 7) is 8.96. The SMILES string of the molecule is CCCCCCCC(CCCCCCC)OC1O[C@H](COC(C)=O)[C@@H](OC(C)=O)[C@H](OC(C)=O)[C@H]1OC(C)=O. The Kier molecular flexibility index (Phi) is 17.7. The van der Waals surface area contributed by atoms with E-state index in [1.54, 1.807) is 0 Å². The fourth-order valence-corrected chi connectivity index (χ4v) is 4.72. The highest BCUT2D eigenvalue weighted by Gasteiger charge is 2.53. The molecule has 0 bridgehead atoms. The van der Waals surface area contributed by atoms with E-state index in [4.69, 9.17) is 28.4 Å². The van der Waals surface area contributed by atoms with Crippen LogP contribution >= 0.6 is 0 Å². The van der Waals surface area contributed by atoms with Gasteiger partial charge in [-0.3, -0.25) is 19.2 Å². The van der Waals surface area contributed by atoms with Gasteiger partial charge in [-0.1, -0.05) is 78.1 Å². The number of carbonyl (C=O) groups is 4. The van der Waals surface area contributed by atoms with E-state index >= 15 is 0 Å². The Labute approximate surface area is 233 Å². The standard InChI is InChI=1S/C29H50O10/c1-7-9-11-13-15-17-24(18-16-14-12-10-8-2)38-29-28(37-23(6)33)27(36-22(5)32)26(35-21(4)31)25(39-29)19-34-20(3)30/h24-29H,7-19H2,1-6H3/t25-,26-,27+,28-,29?/m1/s1. The molecular formula is C29H50O10. The molecule has 1 aliphatic heterocycles. The van der Waals surface area contributed by atoms with E-state index in [0.29, 0.717) is 0 Å². The largest absolute Gasteiger partial charge is 0.463 e. The van der Waals surface area contributed by atoms with Gasteiger partial charge >= 0.3 is 23.9 Å². The van der Waals surface area contributed by atoms with Gasteiger partial charge in [0.2, 0.25) is 0 Å². The summed E-state index contributed by atoms with van der Waals surface area (Å²) in [5.74, 6) is -2.51. The zero-order valence-corrected chi connectivity index (χ0v) is 24.7. The molecule has 0 N–H and O–H groups in total. The van der Waals surface area contributed by atoms with Crippen molar-refractivity contribution < 1.29 is 47.6 Å². The lowest BCUT2D eigenvalue weighted by atomic mass is 9.97. The summed E-state index contributed by atoms with van der Waals surface area (Å²) in [5.41, 5.74) is 0. The maximum absolute atomic E-state index is 12.1. The summed E-state index contributed by atoms with van der Waals surface area (Å²) < 4.78 is 34.3. The second-order valence-electron chi connectivity index (χ2n) is 10.2. The maximum Gasteiger partial charge on any atom is 0.303 e. The quantitative estimate of drug-likeness (QED) is 0.119. The molecule has 1 unspecified atom stereocenters. The molecule has 0 aromatic carbocycles. The zero-order chi connectivity index (χ0) is 29.2. The van der Waals surface area contributed by atoms with Gasteiger partial charge in [0.15, 0.2) is 24.6 Å². The van der Waals surface area contributed by atoms with Gasteiger partial charge in [0.05, 0.1) is 6.10 Å². The number of esters is 4. The first-order chi connectivity index (χ1) is 18.6. The van der Waals surface area contributed by atoms with Crippen LogP contribution in [0.25, 0.3) is 0 Å². The normalized spacial score (nSPS) is 22.8. The van der Waals surface area contributed by atoms with Gasteiger partial charge in [0.1, 0.15) is 12.7 Å². The number of ether oxygens (including phenoxy) is 6. The molecule has 1 saturated heterocycles. The summed E-state index contributed by atoms with van der Waals surface area (Å²) in [4.78, 5) is 47.7. The Morgan fingerprint density at radius 1 is 0.615 bits per heavy atom. The highest BCUT2D eigenvalue weighted by atomic mass is 16.7. The van der Waals surface area contributed by atoms with Crippen LogP contribution < -0.4 is 0 Å². The third-order valence-corrected chi connectivity index (χ3v) is 6.53. The van der Waals surface area contributed by atoms with Crippen molar-refractivity contribution in [1.82, 2.24) is 0 Å². The first kappa shape index (κ1) is 34.8. The highest BCUT2D eigenvalue weighted by molar-refractivity contribution is 5.68. The van der Waals surface area contributed by atoms with Gasteiger partial charge in [0.25, 0.3) is 0 Å².